The minimum absolute atomic E-state index is 0.116. The fourth-order valence-corrected chi connectivity index (χ4v) is 2.57. The van der Waals surface area contributed by atoms with E-state index < -0.39 is 0 Å². The van der Waals surface area contributed by atoms with Gasteiger partial charge in [-0.15, -0.1) is 0 Å². The first-order valence-electron chi connectivity index (χ1n) is 8.03. The second kappa shape index (κ2) is 8.58. The molecule has 0 radical (unpaired) electrons. The van der Waals surface area contributed by atoms with E-state index >= 15 is 0 Å². The SMILES string of the molecule is CCCCNC(=O)COc1cccn(C2CCNCC2)c1=O. The number of piperidine rings is 1. The van der Waals surface area contributed by atoms with Crippen molar-refractivity contribution in [1.82, 2.24) is 15.2 Å². The number of carbonyl (C=O) groups is 1. The lowest BCUT2D eigenvalue weighted by Gasteiger charge is -2.25. The van der Waals surface area contributed by atoms with Gasteiger partial charge in [0.15, 0.2) is 12.4 Å². The molecule has 1 aliphatic rings. The Labute approximate surface area is 130 Å². The van der Waals surface area contributed by atoms with Crippen LogP contribution in [-0.2, 0) is 4.79 Å². The highest BCUT2D eigenvalue weighted by molar-refractivity contribution is 5.77. The molecule has 1 saturated heterocycles. The van der Waals surface area contributed by atoms with Crippen molar-refractivity contribution in [3.05, 3.63) is 28.7 Å². The Morgan fingerprint density at radius 3 is 2.95 bits per heavy atom. The van der Waals surface area contributed by atoms with Crippen molar-refractivity contribution in [2.24, 2.45) is 0 Å². The first-order valence-corrected chi connectivity index (χ1v) is 8.03. The third-order valence-electron chi connectivity index (χ3n) is 3.85. The fourth-order valence-electron chi connectivity index (χ4n) is 2.57. The molecule has 6 nitrogen and oxygen atoms in total. The van der Waals surface area contributed by atoms with E-state index in [0.29, 0.717) is 6.54 Å². The van der Waals surface area contributed by atoms with Crippen molar-refractivity contribution in [3.63, 3.8) is 0 Å². The van der Waals surface area contributed by atoms with Crippen molar-refractivity contribution in [3.8, 4) is 5.75 Å². The first kappa shape index (κ1) is 16.5. The van der Waals surface area contributed by atoms with Gasteiger partial charge < -0.3 is 19.9 Å². The lowest BCUT2D eigenvalue weighted by atomic mass is 10.1. The van der Waals surface area contributed by atoms with Gasteiger partial charge >= 0.3 is 0 Å². The number of pyridine rings is 1. The number of amides is 1. The highest BCUT2D eigenvalue weighted by Gasteiger charge is 2.17. The maximum atomic E-state index is 12.4. The average Bonchev–Trinajstić information content (AvgIpc) is 2.55. The van der Waals surface area contributed by atoms with Crippen LogP contribution >= 0.6 is 0 Å². The summed E-state index contributed by atoms with van der Waals surface area (Å²) in [5.74, 6) is 0.0526. The molecular formula is C16H25N3O3. The number of hydrogen-bond acceptors (Lipinski definition) is 4. The number of carbonyl (C=O) groups excluding carboxylic acids is 1. The van der Waals surface area contributed by atoms with Gasteiger partial charge in [0.1, 0.15) is 0 Å². The lowest BCUT2D eigenvalue weighted by Crippen LogP contribution is -2.35. The Morgan fingerprint density at radius 2 is 2.23 bits per heavy atom. The number of aromatic nitrogens is 1. The number of nitrogens with zero attached hydrogens (tertiary/aromatic N) is 1. The lowest BCUT2D eigenvalue weighted by molar-refractivity contribution is -0.123. The van der Waals surface area contributed by atoms with Crippen LogP contribution in [0.2, 0.25) is 0 Å². The van der Waals surface area contributed by atoms with E-state index in [1.807, 2.05) is 0 Å². The van der Waals surface area contributed by atoms with Gasteiger partial charge in [0.05, 0.1) is 0 Å². The zero-order valence-corrected chi connectivity index (χ0v) is 13.1. The predicted molar refractivity (Wildman–Crippen MR) is 85.3 cm³/mol. The third kappa shape index (κ3) is 4.59. The molecule has 0 spiro atoms. The van der Waals surface area contributed by atoms with Gasteiger partial charge in [-0.05, 0) is 44.5 Å². The number of nitrogens with one attached hydrogen (secondary N) is 2. The smallest absolute Gasteiger partial charge is 0.293 e. The minimum Gasteiger partial charge on any atom is -0.478 e. The molecule has 1 aromatic heterocycles. The first-order chi connectivity index (χ1) is 10.7. The number of unbranched alkanes of at least 4 members (excludes halogenated alkanes) is 1. The molecule has 0 bridgehead atoms. The van der Waals surface area contributed by atoms with Gasteiger partial charge in [0.2, 0.25) is 0 Å². The summed E-state index contributed by atoms with van der Waals surface area (Å²) in [6.45, 7) is 4.43. The zero-order chi connectivity index (χ0) is 15.8. The van der Waals surface area contributed by atoms with E-state index in [9.17, 15) is 9.59 Å². The summed E-state index contributed by atoms with van der Waals surface area (Å²) in [6, 6.07) is 3.63. The molecule has 0 unspecified atom stereocenters. The molecule has 2 rings (SSSR count). The minimum atomic E-state index is -0.190. The molecule has 1 fully saturated rings. The molecule has 1 amide bonds. The second-order valence-electron chi connectivity index (χ2n) is 5.56. The molecule has 0 saturated carbocycles. The summed E-state index contributed by atoms with van der Waals surface area (Å²) in [4.78, 5) is 24.1. The van der Waals surface area contributed by atoms with Crippen molar-refractivity contribution in [2.75, 3.05) is 26.2 Å². The quantitative estimate of drug-likeness (QED) is 0.739. The van der Waals surface area contributed by atoms with Crippen molar-refractivity contribution >= 4 is 5.91 Å². The average molecular weight is 307 g/mol. The summed E-state index contributed by atoms with van der Waals surface area (Å²) in [6.07, 6.45) is 5.63. The number of hydrogen-bond donors (Lipinski definition) is 2. The number of rotatable bonds is 7. The van der Waals surface area contributed by atoms with E-state index in [4.69, 9.17) is 4.74 Å². The molecule has 0 aromatic carbocycles. The van der Waals surface area contributed by atoms with E-state index in [-0.39, 0.29) is 29.9 Å². The van der Waals surface area contributed by atoms with Crippen molar-refractivity contribution in [2.45, 2.75) is 38.6 Å². The van der Waals surface area contributed by atoms with Crippen LogP contribution in [0.4, 0.5) is 0 Å². The standard InChI is InChI=1S/C16H25N3O3/c1-2-3-8-18-15(20)12-22-14-5-4-11-19(16(14)21)13-6-9-17-10-7-13/h4-5,11,13,17H,2-3,6-10,12H2,1H3,(H,18,20). The molecule has 0 aliphatic carbocycles. The number of ether oxygens (including phenoxy) is 1. The summed E-state index contributed by atoms with van der Waals surface area (Å²) in [5, 5.41) is 6.05. The highest BCUT2D eigenvalue weighted by atomic mass is 16.5. The molecule has 1 aliphatic heterocycles. The molecule has 22 heavy (non-hydrogen) atoms. The molecule has 2 N–H and O–H groups in total. The Kier molecular flexibility index (Phi) is 6.45. The van der Waals surface area contributed by atoms with Crippen LogP contribution in [0.5, 0.6) is 5.75 Å². The Hall–Kier alpha value is -1.82. The van der Waals surface area contributed by atoms with Crippen LogP contribution in [0, 0.1) is 0 Å². The van der Waals surface area contributed by atoms with Crippen molar-refractivity contribution < 1.29 is 9.53 Å². The summed E-state index contributed by atoms with van der Waals surface area (Å²) < 4.78 is 7.13. The zero-order valence-electron chi connectivity index (χ0n) is 13.1. The van der Waals surface area contributed by atoms with Gasteiger partial charge in [-0.25, -0.2) is 0 Å². The Balaban J connectivity index is 1.94. The maximum Gasteiger partial charge on any atom is 0.293 e. The highest BCUT2D eigenvalue weighted by Crippen LogP contribution is 2.17. The van der Waals surface area contributed by atoms with E-state index in [1.54, 1.807) is 22.9 Å². The van der Waals surface area contributed by atoms with Crippen LogP contribution in [0.15, 0.2) is 23.1 Å². The van der Waals surface area contributed by atoms with Crippen LogP contribution in [0.25, 0.3) is 0 Å². The second-order valence-corrected chi connectivity index (χ2v) is 5.56. The Morgan fingerprint density at radius 1 is 1.45 bits per heavy atom. The van der Waals surface area contributed by atoms with Crippen LogP contribution in [0.1, 0.15) is 38.6 Å². The largest absolute Gasteiger partial charge is 0.478 e. The van der Waals surface area contributed by atoms with Gasteiger partial charge in [0.25, 0.3) is 11.5 Å². The summed E-state index contributed by atoms with van der Waals surface area (Å²) in [7, 11) is 0. The molecule has 2 heterocycles. The summed E-state index contributed by atoms with van der Waals surface area (Å²) >= 11 is 0. The predicted octanol–water partition coefficient (Wildman–Crippen LogP) is 1.07. The fraction of sp³-hybridized carbons (Fsp3) is 0.625. The topological polar surface area (TPSA) is 72.4 Å². The molecule has 122 valence electrons. The molecule has 0 atom stereocenters. The third-order valence-corrected chi connectivity index (χ3v) is 3.85. The van der Waals surface area contributed by atoms with Crippen LogP contribution in [0.3, 0.4) is 0 Å². The van der Waals surface area contributed by atoms with Gasteiger partial charge in [-0.1, -0.05) is 13.3 Å². The van der Waals surface area contributed by atoms with Crippen LogP contribution < -0.4 is 20.9 Å². The molecule has 1 aromatic rings. The summed E-state index contributed by atoms with van der Waals surface area (Å²) in [5.41, 5.74) is -0.157. The molecule has 6 heteroatoms. The van der Waals surface area contributed by atoms with Gasteiger partial charge in [0, 0.05) is 18.8 Å². The molecular weight excluding hydrogens is 282 g/mol. The normalized spacial score (nSPS) is 15.5. The van der Waals surface area contributed by atoms with E-state index in [1.165, 1.54) is 0 Å². The van der Waals surface area contributed by atoms with E-state index in [2.05, 4.69) is 17.6 Å². The van der Waals surface area contributed by atoms with Gasteiger partial charge in [-0.3, -0.25) is 9.59 Å². The maximum absolute atomic E-state index is 12.4. The van der Waals surface area contributed by atoms with Crippen LogP contribution in [-0.4, -0.2) is 36.7 Å². The Bertz CT molecular complexity index is 536. The monoisotopic (exact) mass is 307 g/mol. The van der Waals surface area contributed by atoms with Gasteiger partial charge in [-0.2, -0.15) is 0 Å². The van der Waals surface area contributed by atoms with Crippen molar-refractivity contribution in [1.29, 1.82) is 0 Å². The van der Waals surface area contributed by atoms with E-state index in [0.717, 1.165) is 38.8 Å².